The normalized spacial score (nSPS) is 39.5. The summed E-state index contributed by atoms with van der Waals surface area (Å²) in [5.74, 6) is -7.37. The third-order valence-corrected chi connectivity index (χ3v) is 16.2. The van der Waals surface area contributed by atoms with Gasteiger partial charge in [0.25, 0.3) is 0 Å². The average Bonchev–Trinajstić information content (AvgIpc) is 3.53. The number of nitrogens with one attached hydrogen (secondary N) is 1. The molecular weight excluding hydrogens is 1030 g/mol. The Hall–Kier alpha value is -3.87. The number of nitrogens with zero attached hydrogens (tertiary/aromatic N) is 2. The molecule has 21 nitrogen and oxygen atoms in total. The molecule has 4 aliphatic heterocycles. The maximum Gasteiger partial charge on any atom is 0.408 e. The van der Waals surface area contributed by atoms with Crippen molar-refractivity contribution >= 4 is 29.5 Å². The second-order valence-electron chi connectivity index (χ2n) is 23.5. The Balaban J connectivity index is 1.70. The van der Waals surface area contributed by atoms with E-state index in [4.69, 9.17) is 56.9 Å². The molecule has 3 N–H and O–H groups in total. The fourth-order valence-corrected chi connectivity index (χ4v) is 11.8. The number of carbonyl (C=O) groups is 4. The van der Waals surface area contributed by atoms with Crippen molar-refractivity contribution in [2.24, 2.45) is 46.6 Å². The zero-order valence-corrected chi connectivity index (χ0v) is 49.9. The highest BCUT2D eigenvalue weighted by Crippen LogP contribution is 2.40. The van der Waals surface area contributed by atoms with Gasteiger partial charge in [0.2, 0.25) is 0 Å². The molecule has 0 aromatic heterocycles. The molecule has 0 spiro atoms. The number of benzene rings is 1. The first-order valence-corrected chi connectivity index (χ1v) is 28.3. The molecule has 22 atom stereocenters. The number of ether oxygens (including phenoxy) is 11. The number of hydrogen-bond donors (Lipinski definition) is 3. The van der Waals surface area contributed by atoms with E-state index in [1.165, 1.54) is 28.3 Å². The Bertz CT molecular complexity index is 2120. The molecule has 4 heterocycles. The monoisotopic (exact) mass is 1120 g/mol. The molecule has 4 aliphatic rings. The summed E-state index contributed by atoms with van der Waals surface area (Å²) in [7, 11) is 6.31. The Morgan fingerprint density at radius 3 is 2.13 bits per heavy atom. The van der Waals surface area contributed by atoms with E-state index in [0.717, 1.165) is 5.56 Å². The van der Waals surface area contributed by atoms with Crippen molar-refractivity contribution in [1.29, 1.82) is 0 Å². The van der Waals surface area contributed by atoms with Gasteiger partial charge in [0.1, 0.15) is 43.7 Å². The maximum absolute atomic E-state index is 15.8. The smallest absolute Gasteiger partial charge is 0.408 e. The van der Waals surface area contributed by atoms with Gasteiger partial charge >= 0.3 is 18.0 Å². The zero-order valence-electron chi connectivity index (χ0n) is 49.9. The summed E-state index contributed by atoms with van der Waals surface area (Å²) in [6.07, 6.45) is -13.5. The van der Waals surface area contributed by atoms with Gasteiger partial charge in [-0.25, -0.2) is 4.79 Å². The molecule has 5 rings (SSSR count). The predicted molar refractivity (Wildman–Crippen MR) is 290 cm³/mol. The lowest BCUT2D eigenvalue weighted by Gasteiger charge is -2.45. The summed E-state index contributed by atoms with van der Waals surface area (Å²) in [5.41, 5.74) is -0.873. The van der Waals surface area contributed by atoms with E-state index in [-0.39, 0.29) is 56.2 Å². The van der Waals surface area contributed by atoms with Crippen LogP contribution >= 0.6 is 0 Å². The second-order valence-corrected chi connectivity index (χ2v) is 23.5. The number of cyclic esters (lactones) is 1. The number of rotatable bonds is 17. The highest BCUT2D eigenvalue weighted by Gasteiger charge is 2.53. The lowest BCUT2D eigenvalue weighted by atomic mass is 9.74. The second kappa shape index (κ2) is 29.9. The number of likely N-dealkylation sites (N-methyl/N-ethyl adjacent to an activating group) is 1. The van der Waals surface area contributed by atoms with Gasteiger partial charge in [0.05, 0.1) is 54.7 Å². The number of carbonyl (C=O) groups excluding carboxylic acids is 4. The van der Waals surface area contributed by atoms with Gasteiger partial charge in [-0.1, -0.05) is 84.0 Å². The van der Waals surface area contributed by atoms with Crippen molar-refractivity contribution in [2.45, 2.75) is 220 Å². The van der Waals surface area contributed by atoms with Crippen molar-refractivity contribution in [2.75, 3.05) is 41.5 Å². The van der Waals surface area contributed by atoms with Crippen LogP contribution in [0.4, 0.5) is 4.79 Å². The number of oxime groups is 1. The topological polar surface area (TPSA) is 247 Å². The van der Waals surface area contributed by atoms with E-state index in [2.05, 4.69) is 22.3 Å². The number of hydrogen-bond acceptors (Lipinski definition) is 20. The van der Waals surface area contributed by atoms with Crippen LogP contribution < -0.4 is 5.32 Å². The SMILES string of the molecule is CON=C1C[C@@H](C)O[C@@H](OC2C(C)CC(C)(OC(=O)NCc3ccccc3)C(=O)C(C)C(OC(=O)CC(C)C)C(C)C(C(C)CO[C@@H]3O[C@H](C)[C@@H](O)[C@@H](OC)[C@H]3OC)OC(=O)C(C)C(O[C@H]3C[C@H](C)N(C)C[C@H](C)O3)C2C)[C@@H]1O. The molecule has 1 aromatic carbocycles. The standard InChI is InChI=1S/C58H95N3O18/c1-30(2)23-43(62)75-49-37(9)48(32(4)29-71-56-52(69-16)51(68-15)45(63)40(12)74-56)77-54(66)39(11)50(76-44-24-33(5)61(14)28-35(7)72-44)36(8)47(78-55-46(64)42(60-70-17)25-34(6)73-55)31(3)26-58(13,53(65)38(49)10)79-57(67)59-27-41-21-19-18-20-22-41/h18-22,30-40,44-52,55-56,63-64H,23-29H2,1-17H3,(H,59,67)/t31?,32?,33-,34+,35-,36?,37?,38?,39?,40+,44-,45+,46+,47?,48?,49?,50?,51+,52+,55-,56+,58?/m0/s1. The minimum atomic E-state index is -1.95. The minimum absolute atomic E-state index is 0.00973. The summed E-state index contributed by atoms with van der Waals surface area (Å²) in [6, 6.07) is 9.25. The molecule has 0 saturated carbocycles. The number of methoxy groups -OCH3 is 2. The Kier molecular flexibility index (Phi) is 25.0. The molecule has 21 heteroatoms. The zero-order chi connectivity index (χ0) is 58.6. The van der Waals surface area contributed by atoms with Gasteiger partial charge in [-0.15, -0.1) is 0 Å². The van der Waals surface area contributed by atoms with Crippen molar-refractivity contribution < 1.29 is 86.3 Å². The van der Waals surface area contributed by atoms with Crippen LogP contribution in [-0.2, 0) is 77.9 Å². The number of ketones is 1. The van der Waals surface area contributed by atoms with Crippen molar-refractivity contribution in [3.8, 4) is 0 Å². The fraction of sp³-hybridized carbons (Fsp3) is 0.810. The van der Waals surface area contributed by atoms with Gasteiger partial charge in [0.15, 0.2) is 30.3 Å². The number of Topliss-reactive ketones (excluding diaryl/α,β-unsaturated/α-hetero) is 1. The van der Waals surface area contributed by atoms with Crippen LogP contribution in [0.1, 0.15) is 121 Å². The molecule has 0 bridgehead atoms. The van der Waals surface area contributed by atoms with Crippen LogP contribution in [-0.4, -0.2) is 184 Å². The number of aliphatic hydroxyl groups is 2. The molecule has 11 unspecified atom stereocenters. The van der Waals surface area contributed by atoms with Crippen molar-refractivity contribution in [1.82, 2.24) is 10.2 Å². The van der Waals surface area contributed by atoms with Crippen LogP contribution in [0.25, 0.3) is 0 Å². The number of esters is 2. The maximum atomic E-state index is 15.8. The van der Waals surface area contributed by atoms with Gasteiger partial charge in [-0.05, 0) is 72.4 Å². The summed E-state index contributed by atoms with van der Waals surface area (Å²) >= 11 is 0. The predicted octanol–water partition coefficient (Wildman–Crippen LogP) is 6.21. The van der Waals surface area contributed by atoms with E-state index in [1.807, 2.05) is 78.9 Å². The van der Waals surface area contributed by atoms with E-state index < -0.39 is 145 Å². The molecular formula is C58H95N3O18. The van der Waals surface area contributed by atoms with E-state index in [9.17, 15) is 19.8 Å². The largest absolute Gasteiger partial charge is 0.461 e. The molecule has 79 heavy (non-hydrogen) atoms. The summed E-state index contributed by atoms with van der Waals surface area (Å²) in [5, 5.41) is 29.7. The summed E-state index contributed by atoms with van der Waals surface area (Å²) < 4.78 is 70.4. The molecule has 0 radical (unpaired) electrons. The van der Waals surface area contributed by atoms with Gasteiger partial charge in [-0.2, -0.15) is 0 Å². The first-order chi connectivity index (χ1) is 37.2. The fourth-order valence-electron chi connectivity index (χ4n) is 11.8. The third kappa shape index (κ3) is 17.3. The lowest BCUT2D eigenvalue weighted by molar-refractivity contribution is -0.305. The van der Waals surface area contributed by atoms with Crippen LogP contribution in [0.3, 0.4) is 0 Å². The highest BCUT2D eigenvalue weighted by molar-refractivity contribution is 5.91. The van der Waals surface area contributed by atoms with Crippen LogP contribution in [0.15, 0.2) is 35.5 Å². The van der Waals surface area contributed by atoms with E-state index >= 15 is 9.59 Å². The van der Waals surface area contributed by atoms with Gasteiger partial charge in [-0.3, -0.25) is 14.4 Å². The Labute approximate surface area is 468 Å². The molecule has 1 amide bonds. The first kappa shape index (κ1) is 65.9. The Morgan fingerprint density at radius 1 is 0.823 bits per heavy atom. The molecule has 0 aliphatic carbocycles. The van der Waals surface area contributed by atoms with Gasteiger partial charge < -0.3 is 77.4 Å². The summed E-state index contributed by atoms with van der Waals surface area (Å²) in [6.45, 7) is 24.0. The quantitative estimate of drug-likeness (QED) is 0.0892. The molecule has 1 aromatic rings. The Morgan fingerprint density at radius 2 is 1.49 bits per heavy atom. The van der Waals surface area contributed by atoms with Crippen LogP contribution in [0, 0.1) is 41.4 Å². The number of aliphatic hydroxyl groups excluding tert-OH is 2. The van der Waals surface area contributed by atoms with E-state index in [1.54, 1.807) is 34.6 Å². The molecule has 4 saturated heterocycles. The highest BCUT2D eigenvalue weighted by atomic mass is 16.7. The third-order valence-electron chi connectivity index (χ3n) is 16.2. The van der Waals surface area contributed by atoms with E-state index in [0.29, 0.717) is 13.0 Å². The molecule has 4 fully saturated rings. The minimum Gasteiger partial charge on any atom is -0.461 e. The van der Waals surface area contributed by atoms with Crippen LogP contribution in [0.5, 0.6) is 0 Å². The van der Waals surface area contributed by atoms with Crippen LogP contribution in [0.2, 0.25) is 0 Å². The van der Waals surface area contributed by atoms with Crippen molar-refractivity contribution in [3.05, 3.63) is 35.9 Å². The lowest BCUT2D eigenvalue weighted by Crippen LogP contribution is -2.59. The number of amides is 1. The summed E-state index contributed by atoms with van der Waals surface area (Å²) in [4.78, 5) is 66.7. The van der Waals surface area contributed by atoms with Gasteiger partial charge in [0, 0.05) is 70.4 Å². The van der Waals surface area contributed by atoms with Crippen molar-refractivity contribution in [3.63, 3.8) is 0 Å². The molecule has 450 valence electrons. The first-order valence-electron chi connectivity index (χ1n) is 28.3. The number of alkyl carbamates (subject to hydrolysis) is 1. The average molecular weight is 1120 g/mol.